The number of ether oxygens (including phenoxy) is 1. The van der Waals surface area contributed by atoms with Crippen LogP contribution in [0.25, 0.3) is 22.3 Å². The minimum atomic E-state index is -0.0438. The second kappa shape index (κ2) is 8.71. The Morgan fingerprint density at radius 3 is 2.46 bits per heavy atom. The fraction of sp³-hybridized carbons (Fsp3) is 0.500. The van der Waals surface area contributed by atoms with Crippen LogP contribution in [-0.2, 0) is 4.79 Å². The topological polar surface area (TPSA) is 87.6 Å². The highest BCUT2D eigenvalue weighted by Gasteiger charge is 2.40. The molecule has 3 fully saturated rings. The third-order valence-corrected chi connectivity index (χ3v) is 7.83. The first kappa shape index (κ1) is 22.2. The average molecular weight is 474 g/mol. The van der Waals surface area contributed by atoms with E-state index in [-0.39, 0.29) is 12.0 Å². The number of rotatable bonds is 4. The Kier molecular flexibility index (Phi) is 5.51. The minimum Gasteiger partial charge on any atom is -0.484 e. The fourth-order valence-electron chi connectivity index (χ4n) is 5.69. The molecule has 1 amide bonds. The molecule has 3 aliphatic heterocycles. The number of pyridine rings is 2. The number of carbonyl (C=O) groups is 1. The molecule has 9 nitrogen and oxygen atoms in total. The van der Waals surface area contributed by atoms with Gasteiger partial charge < -0.3 is 19.4 Å². The summed E-state index contributed by atoms with van der Waals surface area (Å²) in [6.07, 6.45) is 10.6. The summed E-state index contributed by atoms with van der Waals surface area (Å²) in [5, 5.41) is 0.901. The van der Waals surface area contributed by atoms with Crippen LogP contribution in [0.3, 0.4) is 0 Å². The Labute approximate surface area is 205 Å². The molecule has 9 heteroatoms. The fourth-order valence-corrected chi connectivity index (χ4v) is 5.69. The molecule has 0 bridgehead atoms. The summed E-state index contributed by atoms with van der Waals surface area (Å²) >= 11 is 0. The van der Waals surface area contributed by atoms with Crippen LogP contribution in [0.4, 0.5) is 5.82 Å². The number of carbonyl (C=O) groups excluding carboxylic acids is 1. The van der Waals surface area contributed by atoms with Gasteiger partial charge in [-0.05, 0) is 50.4 Å². The molecule has 1 spiro atoms. The summed E-state index contributed by atoms with van der Waals surface area (Å²) in [6, 6.07) is 3.87. The molecule has 6 heterocycles. The monoisotopic (exact) mass is 473 g/mol. The normalized spacial score (nSPS) is 20.4. The van der Waals surface area contributed by atoms with Gasteiger partial charge in [-0.3, -0.25) is 14.8 Å². The van der Waals surface area contributed by atoms with Crippen molar-refractivity contribution in [2.45, 2.75) is 32.3 Å². The van der Waals surface area contributed by atoms with Crippen LogP contribution < -0.4 is 9.64 Å². The van der Waals surface area contributed by atoms with Gasteiger partial charge in [0.1, 0.15) is 11.9 Å². The Balaban J connectivity index is 1.36. The van der Waals surface area contributed by atoms with Crippen molar-refractivity contribution in [3.63, 3.8) is 0 Å². The highest BCUT2D eigenvalue weighted by molar-refractivity contribution is 5.95. The smallest absolute Gasteiger partial charge is 0.219 e. The maximum Gasteiger partial charge on any atom is 0.219 e. The van der Waals surface area contributed by atoms with Crippen LogP contribution >= 0.6 is 0 Å². The molecule has 0 aliphatic carbocycles. The molecule has 35 heavy (non-hydrogen) atoms. The summed E-state index contributed by atoms with van der Waals surface area (Å²) in [4.78, 5) is 36.8. The number of amides is 1. The summed E-state index contributed by atoms with van der Waals surface area (Å²) in [5.74, 6) is 2.34. The Bertz CT molecular complexity index is 1240. The predicted molar refractivity (Wildman–Crippen MR) is 133 cm³/mol. The van der Waals surface area contributed by atoms with E-state index in [1.54, 1.807) is 36.6 Å². The van der Waals surface area contributed by atoms with Crippen LogP contribution in [0.5, 0.6) is 5.75 Å². The first-order chi connectivity index (χ1) is 17.0. The van der Waals surface area contributed by atoms with Gasteiger partial charge in [0.05, 0.1) is 36.4 Å². The van der Waals surface area contributed by atoms with Crippen LogP contribution in [0, 0.1) is 5.41 Å². The molecule has 6 rings (SSSR count). The molecule has 0 saturated carbocycles. The zero-order chi connectivity index (χ0) is 24.0. The zero-order valence-electron chi connectivity index (χ0n) is 20.4. The Hall–Kier alpha value is -3.33. The summed E-state index contributed by atoms with van der Waals surface area (Å²) in [6.45, 7) is 7.06. The molecule has 0 unspecified atom stereocenters. The molecular weight excluding hydrogens is 442 g/mol. The van der Waals surface area contributed by atoms with Gasteiger partial charge in [-0.15, -0.1) is 0 Å². The van der Waals surface area contributed by atoms with E-state index in [0.29, 0.717) is 30.1 Å². The van der Waals surface area contributed by atoms with E-state index in [9.17, 15) is 4.79 Å². The summed E-state index contributed by atoms with van der Waals surface area (Å²) in [5.41, 5.74) is 2.12. The lowest BCUT2D eigenvalue weighted by Gasteiger charge is -2.40. The standard InChI is InChI=1S/C26H31N7O2/c1-18(34)33-15-20(16-33)35-22-14-28-13-21-23(22)25(30-24(29-21)19-3-8-27-9-4-19)32-11-6-26(7-12-32)5-10-31(2)17-26/h3-4,8-9,13-14,20H,5-7,10-12,15-17H2,1-2H3. The molecule has 3 aromatic heterocycles. The highest BCUT2D eigenvalue weighted by atomic mass is 16.5. The number of hydrogen-bond acceptors (Lipinski definition) is 8. The van der Waals surface area contributed by atoms with E-state index in [2.05, 4.69) is 26.8 Å². The lowest BCUT2D eigenvalue weighted by atomic mass is 9.78. The maximum absolute atomic E-state index is 11.6. The lowest BCUT2D eigenvalue weighted by molar-refractivity contribution is -0.137. The molecule has 3 aromatic rings. The number of likely N-dealkylation sites (tertiary alicyclic amines) is 2. The van der Waals surface area contributed by atoms with Crippen LogP contribution in [0.2, 0.25) is 0 Å². The van der Waals surface area contributed by atoms with Crippen molar-refractivity contribution >= 4 is 22.6 Å². The van der Waals surface area contributed by atoms with E-state index in [0.717, 1.165) is 48.2 Å². The van der Waals surface area contributed by atoms with Crippen molar-refractivity contribution in [1.82, 2.24) is 29.7 Å². The predicted octanol–water partition coefficient (Wildman–Crippen LogP) is 2.62. The molecule has 0 radical (unpaired) electrons. The highest BCUT2D eigenvalue weighted by Crippen LogP contribution is 2.43. The van der Waals surface area contributed by atoms with E-state index in [4.69, 9.17) is 14.7 Å². The molecule has 0 atom stereocenters. The van der Waals surface area contributed by atoms with Crippen molar-refractivity contribution in [3.8, 4) is 17.1 Å². The van der Waals surface area contributed by atoms with Crippen molar-refractivity contribution < 1.29 is 9.53 Å². The van der Waals surface area contributed by atoms with Gasteiger partial charge in [-0.25, -0.2) is 9.97 Å². The molecule has 182 valence electrons. The molecule has 0 N–H and O–H groups in total. The van der Waals surface area contributed by atoms with Gasteiger partial charge in [0.15, 0.2) is 11.6 Å². The Morgan fingerprint density at radius 1 is 1.03 bits per heavy atom. The number of anilines is 1. The first-order valence-corrected chi connectivity index (χ1v) is 12.4. The van der Waals surface area contributed by atoms with Gasteiger partial charge >= 0.3 is 0 Å². The second-order valence-corrected chi connectivity index (χ2v) is 10.3. The third kappa shape index (κ3) is 4.18. The third-order valence-electron chi connectivity index (χ3n) is 7.83. The minimum absolute atomic E-state index is 0.0438. The van der Waals surface area contributed by atoms with Crippen molar-refractivity contribution in [2.24, 2.45) is 5.41 Å². The van der Waals surface area contributed by atoms with E-state index in [1.807, 2.05) is 12.1 Å². The van der Waals surface area contributed by atoms with Crippen LogP contribution in [-0.4, -0.2) is 88.1 Å². The Morgan fingerprint density at radius 2 is 1.77 bits per heavy atom. The van der Waals surface area contributed by atoms with E-state index >= 15 is 0 Å². The zero-order valence-corrected chi connectivity index (χ0v) is 20.4. The van der Waals surface area contributed by atoms with Gasteiger partial charge in [0.25, 0.3) is 0 Å². The molecular formula is C26H31N7O2. The SMILES string of the molecule is CC(=O)N1CC(Oc2cncc3nc(-c4ccncc4)nc(N4CCC5(CCN(C)C5)CC4)c23)C1. The first-order valence-electron chi connectivity index (χ1n) is 12.4. The lowest BCUT2D eigenvalue weighted by Crippen LogP contribution is -2.55. The molecule has 3 saturated heterocycles. The number of fused-ring (bicyclic) bond motifs is 1. The number of piperidine rings is 1. The summed E-state index contributed by atoms with van der Waals surface area (Å²) in [7, 11) is 2.23. The quantitative estimate of drug-likeness (QED) is 0.572. The van der Waals surface area contributed by atoms with Gasteiger partial charge in [0.2, 0.25) is 5.91 Å². The van der Waals surface area contributed by atoms with E-state index < -0.39 is 0 Å². The van der Waals surface area contributed by atoms with Crippen molar-refractivity contribution in [1.29, 1.82) is 0 Å². The van der Waals surface area contributed by atoms with Gasteiger partial charge in [-0.2, -0.15) is 0 Å². The van der Waals surface area contributed by atoms with Gasteiger partial charge in [-0.1, -0.05) is 0 Å². The number of hydrogen-bond donors (Lipinski definition) is 0. The average Bonchev–Trinajstić information content (AvgIpc) is 3.21. The second-order valence-electron chi connectivity index (χ2n) is 10.3. The summed E-state index contributed by atoms with van der Waals surface area (Å²) < 4.78 is 6.35. The van der Waals surface area contributed by atoms with Crippen molar-refractivity contribution in [3.05, 3.63) is 36.9 Å². The number of aromatic nitrogens is 4. The van der Waals surface area contributed by atoms with Crippen LogP contribution in [0.15, 0.2) is 36.9 Å². The van der Waals surface area contributed by atoms with Gasteiger partial charge in [0, 0.05) is 44.5 Å². The maximum atomic E-state index is 11.6. The molecule has 3 aliphatic rings. The van der Waals surface area contributed by atoms with E-state index in [1.165, 1.54) is 19.5 Å². The molecule has 0 aromatic carbocycles. The number of nitrogens with zero attached hydrogens (tertiary/aromatic N) is 7. The largest absolute Gasteiger partial charge is 0.484 e. The van der Waals surface area contributed by atoms with Crippen LogP contribution in [0.1, 0.15) is 26.2 Å². The van der Waals surface area contributed by atoms with Crippen molar-refractivity contribution in [2.75, 3.05) is 51.2 Å².